The van der Waals surface area contributed by atoms with Crippen LogP contribution in [0.5, 0.6) is 0 Å². The molecule has 2 N–H and O–H groups in total. The topological polar surface area (TPSA) is 40.5 Å². The number of hydrogen-bond acceptors (Lipinski definition) is 4. The van der Waals surface area contributed by atoms with E-state index in [2.05, 4.69) is 25.3 Å². The molecule has 0 radical (unpaired) electrons. The molecule has 0 saturated carbocycles. The van der Waals surface area contributed by atoms with Gasteiger partial charge in [0.15, 0.2) is 0 Å². The molecule has 0 aliphatic heterocycles. The number of thiol groups is 2. The van der Waals surface area contributed by atoms with Gasteiger partial charge in [0, 0.05) is 12.2 Å². The summed E-state index contributed by atoms with van der Waals surface area (Å²) in [5.41, 5.74) is 0. The van der Waals surface area contributed by atoms with E-state index < -0.39 is 12.2 Å². The summed E-state index contributed by atoms with van der Waals surface area (Å²) in [6.45, 7) is 0. The van der Waals surface area contributed by atoms with Crippen molar-refractivity contribution in [1.29, 1.82) is 0 Å². The summed E-state index contributed by atoms with van der Waals surface area (Å²) in [6, 6.07) is 0. The SMILES string of the molecule is OC(CS)CC(O)CCS. The smallest absolute Gasteiger partial charge is 0.0652 e. The van der Waals surface area contributed by atoms with Gasteiger partial charge in [-0.15, -0.1) is 0 Å². The van der Waals surface area contributed by atoms with Crippen molar-refractivity contribution < 1.29 is 10.2 Å². The molecule has 2 atom stereocenters. The van der Waals surface area contributed by atoms with Gasteiger partial charge in [0.25, 0.3) is 0 Å². The minimum absolute atomic E-state index is 0.406. The van der Waals surface area contributed by atoms with E-state index in [-0.39, 0.29) is 0 Å². The van der Waals surface area contributed by atoms with Gasteiger partial charge in [-0.05, 0) is 12.2 Å². The van der Waals surface area contributed by atoms with Gasteiger partial charge in [-0.3, -0.25) is 0 Å². The molecule has 62 valence electrons. The number of aliphatic hydroxyl groups is 2. The molecule has 0 amide bonds. The fraction of sp³-hybridized carbons (Fsp3) is 1.00. The zero-order valence-electron chi connectivity index (χ0n) is 5.77. The first-order valence-corrected chi connectivity index (χ1v) is 4.55. The first-order chi connectivity index (χ1) is 4.70. The van der Waals surface area contributed by atoms with Crippen LogP contribution in [-0.2, 0) is 0 Å². The van der Waals surface area contributed by atoms with Crippen molar-refractivity contribution in [2.24, 2.45) is 0 Å². The molecule has 0 spiro atoms. The van der Waals surface area contributed by atoms with Gasteiger partial charge < -0.3 is 10.2 Å². The second kappa shape index (κ2) is 6.34. The molecule has 0 heterocycles. The maximum Gasteiger partial charge on any atom is 0.0652 e. The van der Waals surface area contributed by atoms with Crippen LogP contribution in [0.1, 0.15) is 12.8 Å². The van der Waals surface area contributed by atoms with Crippen molar-refractivity contribution in [2.45, 2.75) is 25.0 Å². The molecule has 0 aliphatic rings. The number of aliphatic hydroxyl groups excluding tert-OH is 2. The Kier molecular flexibility index (Phi) is 6.73. The van der Waals surface area contributed by atoms with E-state index in [1.165, 1.54) is 0 Å². The van der Waals surface area contributed by atoms with Crippen LogP contribution in [0, 0.1) is 0 Å². The second-order valence-corrected chi connectivity index (χ2v) is 3.05. The molecule has 10 heavy (non-hydrogen) atoms. The Bertz CT molecular complexity index is 80.1. The van der Waals surface area contributed by atoms with Crippen LogP contribution in [0.4, 0.5) is 0 Å². The third kappa shape index (κ3) is 5.41. The van der Waals surface area contributed by atoms with Crippen LogP contribution < -0.4 is 0 Å². The highest BCUT2D eigenvalue weighted by atomic mass is 32.1. The largest absolute Gasteiger partial charge is 0.393 e. The monoisotopic (exact) mass is 182 g/mol. The Balaban J connectivity index is 3.27. The van der Waals surface area contributed by atoms with Gasteiger partial charge >= 0.3 is 0 Å². The van der Waals surface area contributed by atoms with Gasteiger partial charge in [-0.25, -0.2) is 0 Å². The molecule has 0 saturated heterocycles. The molecule has 0 aromatic rings. The van der Waals surface area contributed by atoms with Crippen LogP contribution in [-0.4, -0.2) is 33.9 Å². The van der Waals surface area contributed by atoms with Crippen molar-refractivity contribution in [1.82, 2.24) is 0 Å². The van der Waals surface area contributed by atoms with Gasteiger partial charge in [-0.1, -0.05) is 0 Å². The van der Waals surface area contributed by atoms with Gasteiger partial charge in [0.1, 0.15) is 0 Å². The molecular weight excluding hydrogens is 168 g/mol. The van der Waals surface area contributed by atoms with E-state index in [9.17, 15) is 0 Å². The van der Waals surface area contributed by atoms with Crippen molar-refractivity contribution in [3.05, 3.63) is 0 Å². The van der Waals surface area contributed by atoms with Crippen LogP contribution in [0.15, 0.2) is 0 Å². The highest BCUT2D eigenvalue weighted by Gasteiger charge is 2.08. The minimum Gasteiger partial charge on any atom is -0.393 e. The molecular formula is C6H14O2S2. The van der Waals surface area contributed by atoms with Crippen LogP contribution in [0.2, 0.25) is 0 Å². The highest BCUT2D eigenvalue weighted by molar-refractivity contribution is 7.80. The fourth-order valence-corrected chi connectivity index (χ4v) is 1.10. The van der Waals surface area contributed by atoms with Crippen LogP contribution in [0.3, 0.4) is 0 Å². The van der Waals surface area contributed by atoms with E-state index in [1.807, 2.05) is 0 Å². The quantitative estimate of drug-likeness (QED) is 0.463. The van der Waals surface area contributed by atoms with Crippen molar-refractivity contribution in [2.75, 3.05) is 11.5 Å². The molecule has 2 nitrogen and oxygen atoms in total. The predicted molar refractivity (Wildman–Crippen MR) is 49.0 cm³/mol. The Morgan fingerprint density at radius 3 is 2.10 bits per heavy atom. The minimum atomic E-state index is -0.488. The zero-order valence-corrected chi connectivity index (χ0v) is 7.56. The number of rotatable bonds is 5. The third-order valence-corrected chi connectivity index (χ3v) is 1.90. The maximum atomic E-state index is 9.11. The van der Waals surface area contributed by atoms with Crippen molar-refractivity contribution in [3.63, 3.8) is 0 Å². The molecule has 4 heteroatoms. The lowest BCUT2D eigenvalue weighted by atomic mass is 10.1. The summed E-state index contributed by atoms with van der Waals surface area (Å²) >= 11 is 7.83. The van der Waals surface area contributed by atoms with E-state index in [1.54, 1.807) is 0 Å². The summed E-state index contributed by atoms with van der Waals surface area (Å²) in [4.78, 5) is 0. The fourth-order valence-electron chi connectivity index (χ4n) is 0.655. The van der Waals surface area contributed by atoms with Crippen molar-refractivity contribution >= 4 is 25.3 Å². The van der Waals surface area contributed by atoms with E-state index in [4.69, 9.17) is 10.2 Å². The Hall–Kier alpha value is 0.620. The lowest BCUT2D eigenvalue weighted by Gasteiger charge is -2.11. The number of hydrogen-bond donors (Lipinski definition) is 4. The Labute approximate surface area is 72.5 Å². The third-order valence-electron chi connectivity index (χ3n) is 1.22. The summed E-state index contributed by atoms with van der Waals surface area (Å²) in [5, 5.41) is 18.1. The summed E-state index contributed by atoms with van der Waals surface area (Å²) in [6.07, 6.45) is 0.121. The molecule has 0 bridgehead atoms. The Morgan fingerprint density at radius 1 is 1.10 bits per heavy atom. The molecule has 0 rings (SSSR count). The lowest BCUT2D eigenvalue weighted by molar-refractivity contribution is 0.0916. The summed E-state index contributed by atoms with van der Waals surface area (Å²) < 4.78 is 0. The Morgan fingerprint density at radius 2 is 1.70 bits per heavy atom. The molecule has 0 aromatic heterocycles. The van der Waals surface area contributed by atoms with E-state index in [0.717, 1.165) is 0 Å². The van der Waals surface area contributed by atoms with E-state index >= 15 is 0 Å². The zero-order chi connectivity index (χ0) is 7.98. The molecule has 0 aliphatic carbocycles. The van der Waals surface area contributed by atoms with E-state index in [0.29, 0.717) is 24.3 Å². The molecule has 0 fully saturated rings. The molecule has 2 unspecified atom stereocenters. The van der Waals surface area contributed by atoms with Crippen molar-refractivity contribution in [3.8, 4) is 0 Å². The first-order valence-electron chi connectivity index (χ1n) is 3.28. The average molecular weight is 182 g/mol. The highest BCUT2D eigenvalue weighted by Crippen LogP contribution is 2.04. The van der Waals surface area contributed by atoms with Crippen LogP contribution >= 0.6 is 25.3 Å². The van der Waals surface area contributed by atoms with Gasteiger partial charge in [-0.2, -0.15) is 25.3 Å². The predicted octanol–water partition coefficient (Wildman–Crippen LogP) is 0.348. The average Bonchev–Trinajstić information content (AvgIpc) is 1.88. The van der Waals surface area contributed by atoms with Crippen LogP contribution in [0.25, 0.3) is 0 Å². The molecule has 0 aromatic carbocycles. The lowest BCUT2D eigenvalue weighted by Crippen LogP contribution is -2.19. The first kappa shape index (κ1) is 10.6. The summed E-state index contributed by atoms with van der Waals surface area (Å²) in [7, 11) is 0. The maximum absolute atomic E-state index is 9.11. The van der Waals surface area contributed by atoms with Gasteiger partial charge in [0.2, 0.25) is 0 Å². The van der Waals surface area contributed by atoms with Gasteiger partial charge in [0.05, 0.1) is 12.2 Å². The normalized spacial score (nSPS) is 16.8. The summed E-state index contributed by atoms with van der Waals surface area (Å²) in [5.74, 6) is 1.06. The second-order valence-electron chi connectivity index (χ2n) is 2.24. The standard InChI is InChI=1S/C6H14O2S2/c7-5(1-2-9)3-6(8)4-10/h5-10H,1-4H2.